The summed E-state index contributed by atoms with van der Waals surface area (Å²) in [4.78, 5) is 36.3. The lowest BCUT2D eigenvalue weighted by molar-refractivity contribution is 0.0751. The Labute approximate surface area is 178 Å². The zero-order chi connectivity index (χ0) is 20.8. The summed E-state index contributed by atoms with van der Waals surface area (Å²) in [5.74, 6) is 1.69. The van der Waals surface area contributed by atoms with Gasteiger partial charge in [0.15, 0.2) is 0 Å². The summed E-state index contributed by atoms with van der Waals surface area (Å²) in [5.41, 5.74) is 1.82. The predicted octanol–water partition coefficient (Wildman–Crippen LogP) is 2.68. The van der Waals surface area contributed by atoms with Gasteiger partial charge in [-0.3, -0.25) is 14.2 Å². The van der Waals surface area contributed by atoms with Crippen molar-refractivity contribution in [2.24, 2.45) is 0 Å². The molecule has 0 N–H and O–H groups in total. The summed E-state index contributed by atoms with van der Waals surface area (Å²) >= 11 is 1.36. The number of fused-ring (bicyclic) bond motifs is 2. The molecule has 3 aromatic rings. The molecule has 30 heavy (non-hydrogen) atoms. The number of ether oxygens (including phenoxy) is 1. The van der Waals surface area contributed by atoms with Gasteiger partial charge in [0.2, 0.25) is 0 Å². The molecular weight excluding hydrogens is 400 g/mol. The average Bonchev–Trinajstić information content (AvgIpc) is 3.38. The first kappa shape index (κ1) is 19.1. The van der Waals surface area contributed by atoms with E-state index in [0.29, 0.717) is 28.2 Å². The third kappa shape index (κ3) is 2.98. The molecule has 5 rings (SSSR count). The van der Waals surface area contributed by atoms with Crippen molar-refractivity contribution >= 4 is 33.1 Å². The lowest BCUT2D eigenvalue weighted by Gasteiger charge is -2.36. The molecule has 0 spiro atoms. The predicted molar refractivity (Wildman–Crippen MR) is 118 cm³/mol. The van der Waals surface area contributed by atoms with Crippen LogP contribution in [0.4, 0.5) is 5.69 Å². The molecule has 0 bridgehead atoms. The molecule has 1 aromatic carbocycles. The van der Waals surface area contributed by atoms with Crippen molar-refractivity contribution in [3.8, 4) is 5.75 Å². The average molecular weight is 425 g/mol. The van der Waals surface area contributed by atoms with Crippen LogP contribution in [0.25, 0.3) is 10.2 Å². The minimum Gasteiger partial charge on any atom is -0.495 e. The highest BCUT2D eigenvalue weighted by Gasteiger charge is 2.28. The number of benzene rings is 1. The first-order valence-electron chi connectivity index (χ1n) is 10.3. The van der Waals surface area contributed by atoms with Crippen molar-refractivity contribution in [1.82, 2.24) is 14.5 Å². The number of carbonyl (C=O) groups excluding carboxylic acids is 1. The molecule has 1 fully saturated rings. The molecule has 7 nitrogen and oxygen atoms in total. The van der Waals surface area contributed by atoms with Crippen LogP contribution >= 0.6 is 11.3 Å². The minimum atomic E-state index is -0.000244. The van der Waals surface area contributed by atoms with Crippen molar-refractivity contribution in [3.05, 3.63) is 50.9 Å². The number of hydrogen-bond donors (Lipinski definition) is 0. The second kappa shape index (κ2) is 7.43. The molecule has 8 heteroatoms. The van der Waals surface area contributed by atoms with Gasteiger partial charge in [0, 0.05) is 39.1 Å². The number of aryl methyl sites for hydroxylation is 2. The van der Waals surface area contributed by atoms with Gasteiger partial charge in [-0.2, -0.15) is 0 Å². The zero-order valence-corrected chi connectivity index (χ0v) is 18.0. The van der Waals surface area contributed by atoms with E-state index in [0.717, 1.165) is 55.3 Å². The van der Waals surface area contributed by atoms with Crippen molar-refractivity contribution in [2.45, 2.75) is 26.3 Å². The van der Waals surface area contributed by atoms with E-state index in [1.54, 1.807) is 11.7 Å². The van der Waals surface area contributed by atoms with E-state index < -0.39 is 0 Å². The number of nitrogens with zero attached hydrogens (tertiary/aromatic N) is 4. The van der Waals surface area contributed by atoms with Crippen LogP contribution < -0.4 is 15.2 Å². The maximum Gasteiger partial charge on any atom is 0.264 e. The van der Waals surface area contributed by atoms with E-state index in [1.165, 1.54) is 11.3 Å². The number of methoxy groups -OCH3 is 1. The fourth-order valence-corrected chi connectivity index (χ4v) is 5.62. The Hall–Kier alpha value is -2.87. The molecule has 156 valence electrons. The normalized spacial score (nSPS) is 16.2. The van der Waals surface area contributed by atoms with Gasteiger partial charge in [0.05, 0.1) is 23.1 Å². The second-order valence-electron chi connectivity index (χ2n) is 7.78. The van der Waals surface area contributed by atoms with Gasteiger partial charge in [-0.15, -0.1) is 11.3 Å². The first-order valence-corrected chi connectivity index (χ1v) is 11.1. The lowest BCUT2D eigenvalue weighted by atomic mass is 10.2. The first-order chi connectivity index (χ1) is 14.6. The number of amides is 1. The van der Waals surface area contributed by atoms with E-state index in [1.807, 2.05) is 36.1 Å². The van der Waals surface area contributed by atoms with E-state index >= 15 is 0 Å². The fourth-order valence-electron chi connectivity index (χ4n) is 4.46. The van der Waals surface area contributed by atoms with Gasteiger partial charge in [-0.25, -0.2) is 4.98 Å². The van der Waals surface area contributed by atoms with E-state index in [4.69, 9.17) is 4.74 Å². The SMILES string of the molecule is COc1ccccc1N1CCN(C(=O)c2sc3nc4n(c(=O)c3c2C)CCC4)CC1. The largest absolute Gasteiger partial charge is 0.495 e. The molecule has 0 saturated carbocycles. The van der Waals surface area contributed by atoms with Crippen LogP contribution in [0.5, 0.6) is 5.75 Å². The number of piperazine rings is 1. The summed E-state index contributed by atoms with van der Waals surface area (Å²) in [6.07, 6.45) is 1.79. The van der Waals surface area contributed by atoms with E-state index in [2.05, 4.69) is 9.88 Å². The molecule has 2 aliphatic rings. The number of rotatable bonds is 3. The molecular formula is C22H24N4O3S. The van der Waals surface area contributed by atoms with Gasteiger partial charge in [-0.05, 0) is 31.0 Å². The zero-order valence-electron chi connectivity index (χ0n) is 17.2. The second-order valence-corrected chi connectivity index (χ2v) is 8.77. The van der Waals surface area contributed by atoms with Crippen LogP contribution in [0.3, 0.4) is 0 Å². The molecule has 0 radical (unpaired) electrons. The maximum atomic E-state index is 13.3. The monoisotopic (exact) mass is 424 g/mol. The summed E-state index contributed by atoms with van der Waals surface area (Å²) in [5, 5.41) is 0.613. The number of hydrogen-bond acceptors (Lipinski definition) is 6. The number of thiophene rings is 1. The van der Waals surface area contributed by atoms with Gasteiger partial charge in [0.1, 0.15) is 16.4 Å². The third-order valence-corrected chi connectivity index (χ3v) is 7.27. The summed E-state index contributed by atoms with van der Waals surface area (Å²) in [7, 11) is 1.68. The fraction of sp³-hybridized carbons (Fsp3) is 0.409. The Balaban J connectivity index is 1.39. The van der Waals surface area contributed by atoms with Crippen molar-refractivity contribution in [2.75, 3.05) is 38.2 Å². The Morgan fingerprint density at radius 2 is 1.90 bits per heavy atom. The lowest BCUT2D eigenvalue weighted by Crippen LogP contribution is -2.48. The van der Waals surface area contributed by atoms with Crippen molar-refractivity contribution in [3.63, 3.8) is 0 Å². The van der Waals surface area contributed by atoms with Crippen LogP contribution in [0, 0.1) is 6.92 Å². The molecule has 4 heterocycles. The number of anilines is 1. The minimum absolute atomic E-state index is 0.000244. The van der Waals surface area contributed by atoms with Gasteiger partial charge in [-0.1, -0.05) is 12.1 Å². The smallest absolute Gasteiger partial charge is 0.264 e. The van der Waals surface area contributed by atoms with Crippen molar-refractivity contribution in [1.29, 1.82) is 0 Å². The molecule has 1 saturated heterocycles. The molecule has 0 aliphatic carbocycles. The van der Waals surface area contributed by atoms with Gasteiger partial charge in [0.25, 0.3) is 11.5 Å². The molecule has 0 unspecified atom stereocenters. The topological polar surface area (TPSA) is 67.7 Å². The van der Waals surface area contributed by atoms with Gasteiger partial charge >= 0.3 is 0 Å². The van der Waals surface area contributed by atoms with E-state index in [-0.39, 0.29) is 11.5 Å². The van der Waals surface area contributed by atoms with E-state index in [9.17, 15) is 9.59 Å². The Morgan fingerprint density at radius 1 is 1.13 bits per heavy atom. The quantitative estimate of drug-likeness (QED) is 0.647. The van der Waals surface area contributed by atoms with Crippen molar-refractivity contribution < 1.29 is 9.53 Å². The highest BCUT2D eigenvalue weighted by Crippen LogP contribution is 2.31. The molecule has 2 aromatic heterocycles. The Kier molecular flexibility index (Phi) is 4.73. The third-order valence-electron chi connectivity index (χ3n) is 6.10. The summed E-state index contributed by atoms with van der Waals surface area (Å²) in [6, 6.07) is 7.96. The highest BCUT2D eigenvalue weighted by molar-refractivity contribution is 7.20. The van der Waals surface area contributed by atoms with Crippen LogP contribution in [0.2, 0.25) is 0 Å². The van der Waals surface area contributed by atoms with Gasteiger partial charge < -0.3 is 14.5 Å². The molecule has 1 amide bonds. The summed E-state index contributed by atoms with van der Waals surface area (Å²) in [6.45, 7) is 5.35. The number of aromatic nitrogens is 2. The summed E-state index contributed by atoms with van der Waals surface area (Å²) < 4.78 is 7.24. The van der Waals surface area contributed by atoms with Crippen LogP contribution in [-0.4, -0.2) is 53.6 Å². The highest BCUT2D eigenvalue weighted by atomic mass is 32.1. The maximum absolute atomic E-state index is 13.3. The van der Waals surface area contributed by atoms with Crippen LogP contribution in [-0.2, 0) is 13.0 Å². The Bertz CT molecular complexity index is 1190. The Morgan fingerprint density at radius 3 is 2.67 bits per heavy atom. The number of para-hydroxylation sites is 2. The standard InChI is InChI=1S/C22H24N4O3S/c1-14-18-20(23-17-8-5-9-26(17)21(18)27)30-19(14)22(28)25-12-10-24(11-13-25)15-6-3-4-7-16(15)29-2/h3-4,6-7H,5,8-13H2,1-2H3. The molecule has 0 atom stereocenters. The van der Waals surface area contributed by atoms with Crippen LogP contribution in [0.15, 0.2) is 29.1 Å². The molecule has 2 aliphatic heterocycles. The number of carbonyl (C=O) groups is 1. The van der Waals surface area contributed by atoms with Crippen LogP contribution in [0.1, 0.15) is 27.5 Å².